The van der Waals surface area contributed by atoms with Gasteiger partial charge in [-0.15, -0.1) is 0 Å². The van der Waals surface area contributed by atoms with Crippen LogP contribution in [0.15, 0.2) is 23.1 Å². The third kappa shape index (κ3) is 2.51. The summed E-state index contributed by atoms with van der Waals surface area (Å²) in [5.74, 6) is -0.995. The fourth-order valence-electron chi connectivity index (χ4n) is 2.19. The highest BCUT2D eigenvalue weighted by Crippen LogP contribution is 2.26. The molecule has 1 heterocycles. The summed E-state index contributed by atoms with van der Waals surface area (Å²) in [6.07, 6.45) is 0.903. The Balaban J connectivity index is 2.36. The molecule has 104 valence electrons. The first-order chi connectivity index (χ1) is 9.50. The lowest BCUT2D eigenvalue weighted by Gasteiger charge is -2.28. The minimum Gasteiger partial charge on any atom is -0.207 e. The molecule has 0 saturated carbocycles. The molecule has 0 unspecified atom stereocenters. The number of nitriles is 2. The molecule has 1 aromatic carbocycles. The second-order valence-electron chi connectivity index (χ2n) is 4.53. The van der Waals surface area contributed by atoms with Crippen molar-refractivity contribution < 1.29 is 12.8 Å². The molecule has 0 N–H and O–H groups in total. The lowest BCUT2D eigenvalue weighted by molar-refractivity contribution is 0.309. The van der Waals surface area contributed by atoms with Gasteiger partial charge < -0.3 is 0 Å². The molecule has 1 aromatic rings. The van der Waals surface area contributed by atoms with E-state index in [9.17, 15) is 12.8 Å². The first-order valence-electron chi connectivity index (χ1n) is 6.09. The van der Waals surface area contributed by atoms with Crippen molar-refractivity contribution in [3.63, 3.8) is 0 Å². The van der Waals surface area contributed by atoms with Gasteiger partial charge in [-0.05, 0) is 25.0 Å². The Morgan fingerprint density at radius 2 is 1.90 bits per heavy atom. The molecule has 0 amide bonds. The molecule has 0 atom stereocenters. The van der Waals surface area contributed by atoms with E-state index in [0.29, 0.717) is 12.8 Å². The zero-order chi connectivity index (χ0) is 14.8. The van der Waals surface area contributed by atoms with Crippen LogP contribution in [-0.4, -0.2) is 25.8 Å². The van der Waals surface area contributed by atoms with E-state index in [1.807, 2.05) is 0 Å². The summed E-state index contributed by atoms with van der Waals surface area (Å²) in [6, 6.07) is 7.26. The molecule has 20 heavy (non-hydrogen) atoms. The zero-order valence-corrected chi connectivity index (χ0v) is 11.4. The van der Waals surface area contributed by atoms with Gasteiger partial charge in [-0.3, -0.25) is 0 Å². The Bertz CT molecular complexity index is 695. The lowest BCUT2D eigenvalue weighted by Crippen LogP contribution is -2.38. The first kappa shape index (κ1) is 14.4. The van der Waals surface area contributed by atoms with Crippen LogP contribution in [0, 0.1) is 34.4 Å². The Hall–Kier alpha value is -1.96. The molecule has 1 aliphatic rings. The van der Waals surface area contributed by atoms with Gasteiger partial charge in [0, 0.05) is 19.0 Å². The van der Waals surface area contributed by atoms with Gasteiger partial charge in [-0.1, -0.05) is 6.07 Å². The summed E-state index contributed by atoms with van der Waals surface area (Å²) in [6.45, 7) is 0.421. The quantitative estimate of drug-likeness (QED) is 0.829. The Kier molecular flexibility index (Phi) is 4.03. The number of rotatable bonds is 2. The van der Waals surface area contributed by atoms with Gasteiger partial charge in [0.1, 0.15) is 22.3 Å². The van der Waals surface area contributed by atoms with Crippen molar-refractivity contribution in [3.8, 4) is 12.1 Å². The lowest BCUT2D eigenvalue weighted by atomic mass is 10.0. The van der Waals surface area contributed by atoms with Crippen molar-refractivity contribution in [3.05, 3.63) is 29.6 Å². The van der Waals surface area contributed by atoms with E-state index in [1.165, 1.54) is 16.4 Å². The van der Waals surface area contributed by atoms with Gasteiger partial charge in [0.05, 0.1) is 6.07 Å². The number of hydrogen-bond donors (Lipinski definition) is 0. The van der Waals surface area contributed by atoms with Crippen LogP contribution < -0.4 is 0 Å². The highest BCUT2D eigenvalue weighted by Gasteiger charge is 2.31. The molecule has 1 aliphatic heterocycles. The van der Waals surface area contributed by atoms with Gasteiger partial charge in [-0.2, -0.15) is 14.8 Å². The molecule has 0 aromatic heterocycles. The van der Waals surface area contributed by atoms with E-state index in [4.69, 9.17) is 10.5 Å². The van der Waals surface area contributed by atoms with Gasteiger partial charge in [0.25, 0.3) is 0 Å². The smallest absolute Gasteiger partial charge is 0.207 e. The summed E-state index contributed by atoms with van der Waals surface area (Å²) in [5.41, 5.74) is -0.463. The molecule has 7 heteroatoms. The Labute approximate surface area is 116 Å². The normalized spacial score (nSPS) is 17.4. The molecule has 0 spiro atoms. The monoisotopic (exact) mass is 293 g/mol. The van der Waals surface area contributed by atoms with E-state index in [-0.39, 0.29) is 23.9 Å². The minimum atomic E-state index is -3.90. The summed E-state index contributed by atoms with van der Waals surface area (Å²) >= 11 is 0. The van der Waals surface area contributed by atoms with Gasteiger partial charge in [0.2, 0.25) is 10.0 Å². The zero-order valence-electron chi connectivity index (χ0n) is 10.6. The van der Waals surface area contributed by atoms with Crippen LogP contribution in [-0.2, 0) is 10.0 Å². The van der Waals surface area contributed by atoms with Crippen molar-refractivity contribution in [1.29, 1.82) is 10.5 Å². The first-order valence-corrected chi connectivity index (χ1v) is 7.53. The predicted molar refractivity (Wildman–Crippen MR) is 68.2 cm³/mol. The summed E-state index contributed by atoms with van der Waals surface area (Å²) in [5, 5.41) is 17.7. The van der Waals surface area contributed by atoms with E-state index in [2.05, 4.69) is 6.07 Å². The maximum absolute atomic E-state index is 13.5. The standard InChI is InChI=1S/C13H12FN3O2S/c14-12-2-1-3-13(11(12)9-16)20(18,19)17-6-4-10(8-15)5-7-17/h1-3,10H,4-7H2. The average molecular weight is 293 g/mol. The van der Waals surface area contributed by atoms with E-state index < -0.39 is 21.4 Å². The van der Waals surface area contributed by atoms with Crippen molar-refractivity contribution in [2.24, 2.45) is 5.92 Å². The van der Waals surface area contributed by atoms with Crippen molar-refractivity contribution in [2.75, 3.05) is 13.1 Å². The molecule has 5 nitrogen and oxygen atoms in total. The van der Waals surface area contributed by atoms with Crippen LogP contribution in [0.2, 0.25) is 0 Å². The third-order valence-corrected chi connectivity index (χ3v) is 5.28. The third-order valence-electron chi connectivity index (χ3n) is 3.34. The molecule has 2 rings (SSSR count). The molecule has 0 radical (unpaired) electrons. The highest BCUT2D eigenvalue weighted by atomic mass is 32.2. The van der Waals surface area contributed by atoms with Gasteiger partial charge >= 0.3 is 0 Å². The van der Waals surface area contributed by atoms with Crippen molar-refractivity contribution in [2.45, 2.75) is 17.7 Å². The van der Waals surface area contributed by atoms with Crippen LogP contribution >= 0.6 is 0 Å². The second-order valence-corrected chi connectivity index (χ2v) is 6.44. The Morgan fingerprint density at radius 1 is 1.25 bits per heavy atom. The maximum atomic E-state index is 13.5. The largest absolute Gasteiger partial charge is 0.244 e. The predicted octanol–water partition coefficient (Wildman–Crippen LogP) is 1.62. The number of halogens is 1. The molecule has 1 saturated heterocycles. The van der Waals surface area contributed by atoms with Crippen LogP contribution in [0.4, 0.5) is 4.39 Å². The topological polar surface area (TPSA) is 85.0 Å². The van der Waals surface area contributed by atoms with Gasteiger partial charge in [0.15, 0.2) is 0 Å². The summed E-state index contributed by atoms with van der Waals surface area (Å²) in [7, 11) is -3.90. The molecular formula is C13H12FN3O2S. The maximum Gasteiger partial charge on any atom is 0.244 e. The van der Waals surface area contributed by atoms with E-state index >= 15 is 0 Å². The molecule has 0 aliphatic carbocycles. The minimum absolute atomic E-state index is 0.149. The van der Waals surface area contributed by atoms with E-state index in [1.54, 1.807) is 6.07 Å². The second kappa shape index (κ2) is 5.58. The van der Waals surface area contributed by atoms with Crippen LogP contribution in [0.25, 0.3) is 0 Å². The van der Waals surface area contributed by atoms with Crippen LogP contribution in [0.1, 0.15) is 18.4 Å². The van der Waals surface area contributed by atoms with Crippen molar-refractivity contribution >= 4 is 10.0 Å². The summed E-state index contributed by atoms with van der Waals surface area (Å²) < 4.78 is 39.6. The molecule has 1 fully saturated rings. The summed E-state index contributed by atoms with van der Waals surface area (Å²) in [4.78, 5) is -0.310. The molecule has 0 bridgehead atoms. The SMILES string of the molecule is N#Cc1c(F)cccc1S(=O)(=O)N1CCC(C#N)CC1. The number of benzene rings is 1. The van der Waals surface area contributed by atoms with Crippen LogP contribution in [0.3, 0.4) is 0 Å². The number of sulfonamides is 1. The fraction of sp³-hybridized carbons (Fsp3) is 0.385. The molecular weight excluding hydrogens is 281 g/mol. The number of nitrogens with zero attached hydrogens (tertiary/aromatic N) is 3. The Morgan fingerprint density at radius 3 is 2.45 bits per heavy atom. The number of hydrogen-bond acceptors (Lipinski definition) is 4. The van der Waals surface area contributed by atoms with Crippen molar-refractivity contribution in [1.82, 2.24) is 4.31 Å². The fourth-order valence-corrected chi connectivity index (χ4v) is 3.81. The van der Waals surface area contributed by atoms with Crippen LogP contribution in [0.5, 0.6) is 0 Å². The van der Waals surface area contributed by atoms with E-state index in [0.717, 1.165) is 6.07 Å². The highest BCUT2D eigenvalue weighted by molar-refractivity contribution is 7.89. The van der Waals surface area contributed by atoms with Gasteiger partial charge in [-0.25, -0.2) is 12.8 Å². The number of piperidine rings is 1. The average Bonchev–Trinajstić information content (AvgIpc) is 2.47.